The van der Waals surface area contributed by atoms with Gasteiger partial charge in [0.25, 0.3) is 0 Å². The molecule has 1 atom stereocenters. The van der Waals surface area contributed by atoms with E-state index >= 15 is 0 Å². The summed E-state index contributed by atoms with van der Waals surface area (Å²) in [6, 6.07) is 8.02. The van der Waals surface area contributed by atoms with Crippen LogP contribution >= 0.6 is 11.6 Å². The Labute approximate surface area is 131 Å². The number of hydrogen-bond acceptors (Lipinski definition) is 3. The van der Waals surface area contributed by atoms with Gasteiger partial charge >= 0.3 is 0 Å². The number of halogens is 1. The van der Waals surface area contributed by atoms with Gasteiger partial charge in [0.15, 0.2) is 0 Å². The third-order valence-electron chi connectivity index (χ3n) is 3.46. The molecule has 0 bridgehead atoms. The molecule has 0 aliphatic heterocycles. The highest BCUT2D eigenvalue weighted by atomic mass is 35.5. The van der Waals surface area contributed by atoms with Gasteiger partial charge in [-0.3, -0.25) is 4.68 Å². The van der Waals surface area contributed by atoms with E-state index in [2.05, 4.69) is 42.2 Å². The molecule has 1 aromatic carbocycles. The molecule has 0 fully saturated rings. The summed E-state index contributed by atoms with van der Waals surface area (Å²) in [6.45, 7) is 7.34. The Hall–Kier alpha value is -1.39. The van der Waals surface area contributed by atoms with Crippen LogP contribution in [0.1, 0.15) is 38.1 Å². The second kappa shape index (κ2) is 6.58. The summed E-state index contributed by atoms with van der Waals surface area (Å²) in [5, 5.41) is 8.52. The van der Waals surface area contributed by atoms with E-state index in [-0.39, 0.29) is 11.5 Å². The number of rotatable bonds is 5. The Bertz CT molecular complexity index is 586. The maximum absolute atomic E-state index is 6.38. The van der Waals surface area contributed by atoms with E-state index in [1.807, 2.05) is 29.9 Å². The number of hydrogen-bond donors (Lipinski definition) is 1. The molecule has 4 nitrogen and oxygen atoms in total. The van der Waals surface area contributed by atoms with Gasteiger partial charge in [0.05, 0.1) is 0 Å². The largest absolute Gasteiger partial charge is 0.311 e. The van der Waals surface area contributed by atoms with Gasteiger partial charge in [0.2, 0.25) is 0 Å². The normalized spacial score (nSPS) is 13.4. The fraction of sp³-hybridized carbons (Fsp3) is 0.500. The number of aryl methyl sites for hydroxylation is 1. The summed E-state index contributed by atoms with van der Waals surface area (Å²) >= 11 is 6.38. The second-order valence-electron chi connectivity index (χ2n) is 6.35. The number of nitrogens with zero attached hydrogens (tertiary/aromatic N) is 3. The molecule has 0 saturated carbocycles. The predicted molar refractivity (Wildman–Crippen MR) is 86.7 cm³/mol. The van der Waals surface area contributed by atoms with Gasteiger partial charge in [-0.15, -0.1) is 0 Å². The van der Waals surface area contributed by atoms with Crippen LogP contribution in [0.3, 0.4) is 0 Å². The van der Waals surface area contributed by atoms with E-state index < -0.39 is 0 Å². The van der Waals surface area contributed by atoms with Crippen molar-refractivity contribution in [1.29, 1.82) is 0 Å². The highest BCUT2D eigenvalue weighted by Gasteiger charge is 2.20. The highest BCUT2D eigenvalue weighted by Crippen LogP contribution is 2.27. The minimum atomic E-state index is 0.0688. The van der Waals surface area contributed by atoms with Crippen molar-refractivity contribution in [2.75, 3.05) is 6.54 Å². The van der Waals surface area contributed by atoms with Gasteiger partial charge in [0, 0.05) is 36.5 Å². The summed E-state index contributed by atoms with van der Waals surface area (Å²) in [4.78, 5) is 4.34. The van der Waals surface area contributed by atoms with E-state index in [1.165, 1.54) is 0 Å². The van der Waals surface area contributed by atoms with Crippen molar-refractivity contribution in [1.82, 2.24) is 20.1 Å². The first kappa shape index (κ1) is 16.0. The van der Waals surface area contributed by atoms with E-state index in [1.54, 1.807) is 6.33 Å². The van der Waals surface area contributed by atoms with Gasteiger partial charge in [-0.05, 0) is 32.4 Å². The van der Waals surface area contributed by atoms with Crippen LogP contribution in [0.25, 0.3) is 0 Å². The lowest BCUT2D eigenvalue weighted by molar-refractivity contribution is 0.402. The van der Waals surface area contributed by atoms with Crippen molar-refractivity contribution in [3.63, 3.8) is 0 Å². The zero-order chi connectivity index (χ0) is 15.5. The van der Waals surface area contributed by atoms with Crippen LogP contribution in [-0.2, 0) is 13.5 Å². The van der Waals surface area contributed by atoms with Crippen molar-refractivity contribution in [2.45, 2.75) is 38.6 Å². The lowest BCUT2D eigenvalue weighted by Crippen LogP contribution is -2.39. The zero-order valence-corrected chi connectivity index (χ0v) is 13.9. The van der Waals surface area contributed by atoms with Gasteiger partial charge in [-0.25, -0.2) is 4.98 Å². The fourth-order valence-electron chi connectivity index (χ4n) is 2.25. The van der Waals surface area contributed by atoms with Crippen molar-refractivity contribution >= 4 is 11.6 Å². The number of benzene rings is 1. The molecule has 2 aromatic rings. The topological polar surface area (TPSA) is 42.7 Å². The van der Waals surface area contributed by atoms with Gasteiger partial charge in [-0.2, -0.15) is 5.10 Å². The van der Waals surface area contributed by atoms with E-state index in [0.29, 0.717) is 0 Å². The Morgan fingerprint density at radius 3 is 2.57 bits per heavy atom. The lowest BCUT2D eigenvalue weighted by atomic mass is 9.94. The summed E-state index contributed by atoms with van der Waals surface area (Å²) < 4.78 is 1.82. The molecule has 21 heavy (non-hydrogen) atoms. The minimum Gasteiger partial charge on any atom is -0.311 e. The van der Waals surface area contributed by atoms with E-state index in [0.717, 1.165) is 29.4 Å². The SMILES string of the molecule is Cn1ncnc1CC(CNC(C)(C)C)c1ccccc1Cl. The van der Waals surface area contributed by atoms with Crippen LogP contribution in [0, 0.1) is 0 Å². The number of aromatic nitrogens is 3. The van der Waals surface area contributed by atoms with Gasteiger partial charge in [0.1, 0.15) is 12.2 Å². The molecule has 0 radical (unpaired) electrons. The number of nitrogens with one attached hydrogen (secondary N) is 1. The van der Waals surface area contributed by atoms with Gasteiger partial charge in [-0.1, -0.05) is 29.8 Å². The maximum Gasteiger partial charge on any atom is 0.138 e. The zero-order valence-electron chi connectivity index (χ0n) is 13.1. The van der Waals surface area contributed by atoms with Crippen LogP contribution in [0.2, 0.25) is 5.02 Å². The molecule has 2 rings (SSSR count). The third kappa shape index (κ3) is 4.55. The molecule has 0 aliphatic carbocycles. The molecule has 1 N–H and O–H groups in total. The molecule has 5 heteroatoms. The smallest absolute Gasteiger partial charge is 0.138 e. The van der Waals surface area contributed by atoms with E-state index in [9.17, 15) is 0 Å². The monoisotopic (exact) mass is 306 g/mol. The van der Waals surface area contributed by atoms with Crippen LogP contribution in [0.15, 0.2) is 30.6 Å². The highest BCUT2D eigenvalue weighted by molar-refractivity contribution is 6.31. The average molecular weight is 307 g/mol. The molecular weight excluding hydrogens is 284 g/mol. The Kier molecular flexibility index (Phi) is 5.01. The first-order valence-electron chi connectivity index (χ1n) is 7.19. The molecule has 1 aromatic heterocycles. The summed E-state index contributed by atoms with van der Waals surface area (Å²) in [6.07, 6.45) is 2.40. The van der Waals surface area contributed by atoms with Crippen molar-refractivity contribution in [3.05, 3.63) is 47.0 Å². The fourth-order valence-corrected chi connectivity index (χ4v) is 2.54. The maximum atomic E-state index is 6.38. The summed E-state index contributed by atoms with van der Waals surface area (Å²) in [5.41, 5.74) is 1.22. The Morgan fingerprint density at radius 2 is 2.00 bits per heavy atom. The van der Waals surface area contributed by atoms with Crippen molar-refractivity contribution < 1.29 is 0 Å². The molecular formula is C16H23ClN4. The minimum absolute atomic E-state index is 0.0688. The molecule has 1 unspecified atom stereocenters. The summed E-state index contributed by atoms with van der Waals surface area (Å²) in [5.74, 6) is 1.23. The van der Waals surface area contributed by atoms with Crippen LogP contribution < -0.4 is 5.32 Å². The second-order valence-corrected chi connectivity index (χ2v) is 6.76. The Morgan fingerprint density at radius 1 is 1.29 bits per heavy atom. The molecule has 114 valence electrons. The van der Waals surface area contributed by atoms with Crippen LogP contribution in [0.5, 0.6) is 0 Å². The molecule has 0 saturated heterocycles. The molecule has 0 spiro atoms. The van der Waals surface area contributed by atoms with Crippen LogP contribution in [-0.4, -0.2) is 26.8 Å². The quantitative estimate of drug-likeness (QED) is 0.922. The molecule has 0 aliphatic rings. The van der Waals surface area contributed by atoms with Crippen molar-refractivity contribution in [2.24, 2.45) is 7.05 Å². The lowest BCUT2D eigenvalue weighted by Gasteiger charge is -2.26. The van der Waals surface area contributed by atoms with Gasteiger partial charge < -0.3 is 5.32 Å². The predicted octanol–water partition coefficient (Wildman–Crippen LogP) is 3.18. The van der Waals surface area contributed by atoms with Crippen molar-refractivity contribution in [3.8, 4) is 0 Å². The summed E-state index contributed by atoms with van der Waals surface area (Å²) in [7, 11) is 1.92. The standard InChI is InChI=1S/C16H23ClN4/c1-16(2,3)19-10-12(9-15-18-11-20-21(15)4)13-7-5-6-8-14(13)17/h5-8,11-12,19H,9-10H2,1-4H3. The van der Waals surface area contributed by atoms with Crippen LogP contribution in [0.4, 0.5) is 0 Å². The first-order valence-corrected chi connectivity index (χ1v) is 7.57. The molecule has 0 amide bonds. The average Bonchev–Trinajstić information content (AvgIpc) is 2.80. The first-order chi connectivity index (χ1) is 9.87. The van der Waals surface area contributed by atoms with E-state index in [4.69, 9.17) is 11.6 Å². The molecule has 1 heterocycles. The third-order valence-corrected chi connectivity index (χ3v) is 3.80. The Balaban J connectivity index is 2.22.